The monoisotopic (exact) mass is 419 g/mol. The molecule has 0 aromatic heterocycles. The van der Waals surface area contributed by atoms with Gasteiger partial charge in [0.2, 0.25) is 12.0 Å². The minimum atomic E-state index is -0.537. The molecule has 1 aliphatic rings. The number of esters is 1. The first-order valence-corrected chi connectivity index (χ1v) is 9.97. The summed E-state index contributed by atoms with van der Waals surface area (Å²) < 4.78 is 22.3. The highest BCUT2D eigenvalue weighted by molar-refractivity contribution is 5.94. The van der Waals surface area contributed by atoms with Gasteiger partial charge in [-0.25, -0.2) is 4.79 Å². The molecule has 31 heavy (non-hydrogen) atoms. The van der Waals surface area contributed by atoms with E-state index in [1.807, 2.05) is 61.5 Å². The number of benzene rings is 3. The van der Waals surface area contributed by atoms with Crippen molar-refractivity contribution in [1.82, 2.24) is 0 Å². The summed E-state index contributed by atoms with van der Waals surface area (Å²) in [5.74, 6) is 1.37. The molecule has 0 radical (unpaired) electrons. The third-order valence-electron chi connectivity index (χ3n) is 5.39. The van der Waals surface area contributed by atoms with Crippen molar-refractivity contribution in [2.75, 3.05) is 26.2 Å². The lowest BCUT2D eigenvalue weighted by atomic mass is 10.1. The van der Waals surface area contributed by atoms with Crippen LogP contribution in [0.5, 0.6) is 17.2 Å². The van der Waals surface area contributed by atoms with E-state index in [0.29, 0.717) is 29.4 Å². The fraction of sp³-hybridized carbons (Fsp3) is 0.240. The number of rotatable bonds is 7. The molecule has 1 unspecified atom stereocenters. The number of ether oxygens (including phenoxy) is 4. The maximum absolute atomic E-state index is 12.5. The number of hydrogen-bond donors (Lipinski definition) is 0. The molecule has 0 saturated heterocycles. The highest BCUT2D eigenvalue weighted by Gasteiger charge is 2.35. The van der Waals surface area contributed by atoms with Crippen LogP contribution in [-0.4, -0.2) is 27.3 Å². The zero-order chi connectivity index (χ0) is 22.0. The molecule has 6 nitrogen and oxygen atoms in total. The molecule has 0 spiro atoms. The molecule has 1 heterocycles. The van der Waals surface area contributed by atoms with Crippen LogP contribution in [0.1, 0.15) is 33.3 Å². The van der Waals surface area contributed by atoms with E-state index in [9.17, 15) is 4.79 Å². The molecule has 3 aromatic carbocycles. The van der Waals surface area contributed by atoms with Crippen LogP contribution in [-0.2, 0) is 11.3 Å². The van der Waals surface area contributed by atoms with Crippen LogP contribution in [0.25, 0.3) is 0 Å². The third kappa shape index (κ3) is 3.89. The lowest BCUT2D eigenvalue weighted by molar-refractivity contribution is 0.0374. The zero-order valence-corrected chi connectivity index (χ0v) is 18.0. The fourth-order valence-corrected chi connectivity index (χ4v) is 3.83. The van der Waals surface area contributed by atoms with Crippen LogP contribution in [0, 0.1) is 6.92 Å². The summed E-state index contributed by atoms with van der Waals surface area (Å²) in [7, 11) is 4.76. The Morgan fingerprint density at radius 1 is 0.903 bits per heavy atom. The van der Waals surface area contributed by atoms with Gasteiger partial charge in [-0.2, -0.15) is 0 Å². The van der Waals surface area contributed by atoms with Gasteiger partial charge in [0, 0.05) is 17.8 Å². The van der Waals surface area contributed by atoms with Crippen LogP contribution < -0.4 is 19.1 Å². The van der Waals surface area contributed by atoms with E-state index in [4.69, 9.17) is 18.9 Å². The number of carbonyl (C=O) groups excluding carboxylic acids is 1. The molecule has 0 amide bonds. The van der Waals surface area contributed by atoms with Crippen LogP contribution in [0.15, 0.2) is 60.7 Å². The molecular weight excluding hydrogens is 394 g/mol. The van der Waals surface area contributed by atoms with Gasteiger partial charge in [-0.3, -0.25) is 0 Å². The normalized spacial score (nSPS) is 14.6. The van der Waals surface area contributed by atoms with E-state index in [1.54, 1.807) is 27.4 Å². The van der Waals surface area contributed by atoms with Gasteiger partial charge in [0.05, 0.1) is 26.9 Å². The van der Waals surface area contributed by atoms with Crippen molar-refractivity contribution in [3.05, 3.63) is 82.9 Å². The van der Waals surface area contributed by atoms with Crippen molar-refractivity contribution in [2.45, 2.75) is 19.7 Å². The molecule has 160 valence electrons. The molecule has 4 rings (SSSR count). The minimum absolute atomic E-state index is 0.317. The van der Waals surface area contributed by atoms with Crippen molar-refractivity contribution < 1.29 is 23.7 Å². The van der Waals surface area contributed by atoms with Crippen LogP contribution in [0.4, 0.5) is 5.69 Å². The van der Waals surface area contributed by atoms with E-state index >= 15 is 0 Å². The summed E-state index contributed by atoms with van der Waals surface area (Å²) in [6.45, 7) is 2.50. The maximum atomic E-state index is 12.5. The first-order chi connectivity index (χ1) is 15.0. The topological polar surface area (TPSA) is 57.2 Å². The van der Waals surface area contributed by atoms with E-state index in [1.165, 1.54) is 0 Å². The van der Waals surface area contributed by atoms with Gasteiger partial charge in [-0.1, -0.05) is 35.9 Å². The molecule has 6 heteroatoms. The molecule has 1 aliphatic heterocycles. The summed E-state index contributed by atoms with van der Waals surface area (Å²) in [4.78, 5) is 14.6. The maximum Gasteiger partial charge on any atom is 0.340 e. The quantitative estimate of drug-likeness (QED) is 0.508. The van der Waals surface area contributed by atoms with E-state index in [2.05, 4.69) is 4.90 Å². The van der Waals surface area contributed by atoms with Gasteiger partial charge in [-0.15, -0.1) is 0 Å². The second kappa shape index (κ2) is 8.60. The van der Waals surface area contributed by atoms with Crippen LogP contribution >= 0.6 is 0 Å². The summed E-state index contributed by atoms with van der Waals surface area (Å²) in [6, 6.07) is 19.4. The van der Waals surface area contributed by atoms with Gasteiger partial charge in [0.25, 0.3) is 0 Å². The second-order valence-electron chi connectivity index (χ2n) is 7.34. The number of aryl methyl sites for hydroxylation is 1. The third-order valence-corrected chi connectivity index (χ3v) is 5.39. The summed E-state index contributed by atoms with van der Waals surface area (Å²) >= 11 is 0. The van der Waals surface area contributed by atoms with Crippen molar-refractivity contribution >= 4 is 11.7 Å². The number of carbonyl (C=O) groups is 1. The van der Waals surface area contributed by atoms with E-state index < -0.39 is 6.23 Å². The molecule has 0 saturated carbocycles. The Morgan fingerprint density at radius 3 is 2.16 bits per heavy atom. The Morgan fingerprint density at radius 2 is 1.55 bits per heavy atom. The lowest BCUT2D eigenvalue weighted by Gasteiger charge is -2.31. The minimum Gasteiger partial charge on any atom is -0.493 e. The van der Waals surface area contributed by atoms with Crippen molar-refractivity contribution in [3.8, 4) is 17.2 Å². The number of cyclic esters (lactones) is 1. The van der Waals surface area contributed by atoms with Gasteiger partial charge in [-0.05, 0) is 42.8 Å². The number of nitrogens with zero attached hydrogens (tertiary/aromatic N) is 1. The predicted molar refractivity (Wildman–Crippen MR) is 118 cm³/mol. The molecule has 0 fully saturated rings. The largest absolute Gasteiger partial charge is 0.493 e. The Labute approximate surface area is 181 Å². The summed E-state index contributed by atoms with van der Waals surface area (Å²) in [5, 5.41) is 0. The Hall–Kier alpha value is -3.67. The molecular formula is C25H25NO5. The Balaban J connectivity index is 1.78. The molecule has 3 aromatic rings. The molecule has 0 aliphatic carbocycles. The van der Waals surface area contributed by atoms with Gasteiger partial charge in [0.15, 0.2) is 11.5 Å². The van der Waals surface area contributed by atoms with E-state index in [0.717, 1.165) is 22.4 Å². The summed E-state index contributed by atoms with van der Waals surface area (Å²) in [6.07, 6.45) is -0.537. The highest BCUT2D eigenvalue weighted by atomic mass is 16.6. The smallest absolute Gasteiger partial charge is 0.340 e. The first-order valence-electron chi connectivity index (χ1n) is 9.97. The molecule has 0 N–H and O–H groups in total. The highest BCUT2D eigenvalue weighted by Crippen LogP contribution is 2.41. The van der Waals surface area contributed by atoms with Crippen molar-refractivity contribution in [2.24, 2.45) is 0 Å². The second-order valence-corrected chi connectivity index (χ2v) is 7.34. The molecule has 1 atom stereocenters. The van der Waals surface area contributed by atoms with Gasteiger partial charge in [0.1, 0.15) is 0 Å². The van der Waals surface area contributed by atoms with Gasteiger partial charge >= 0.3 is 5.97 Å². The number of hydrogen-bond acceptors (Lipinski definition) is 6. The fourth-order valence-electron chi connectivity index (χ4n) is 3.83. The zero-order valence-electron chi connectivity index (χ0n) is 18.0. The molecule has 0 bridgehead atoms. The van der Waals surface area contributed by atoms with Crippen LogP contribution in [0.2, 0.25) is 0 Å². The first kappa shape index (κ1) is 20.6. The van der Waals surface area contributed by atoms with Gasteiger partial charge < -0.3 is 23.8 Å². The van der Waals surface area contributed by atoms with Crippen molar-refractivity contribution in [3.63, 3.8) is 0 Å². The Bertz CT molecular complexity index is 1070. The standard InChI is InChI=1S/C25H25NO5/c1-16-9-11-18(12-10-16)26(24-19-7-5-6-8-20(19)25(27)31-24)15-17-13-21(28-2)23(30-4)22(14-17)29-3/h5-14,24H,15H2,1-4H3. The number of anilines is 1. The van der Waals surface area contributed by atoms with E-state index in [-0.39, 0.29) is 5.97 Å². The van der Waals surface area contributed by atoms with Crippen LogP contribution in [0.3, 0.4) is 0 Å². The number of methoxy groups -OCH3 is 3. The number of fused-ring (bicyclic) bond motifs is 1. The summed E-state index contributed by atoms with van der Waals surface area (Å²) in [5.41, 5.74) is 4.46. The average molecular weight is 419 g/mol. The lowest BCUT2D eigenvalue weighted by Crippen LogP contribution is -2.28. The predicted octanol–water partition coefficient (Wildman–Crippen LogP) is 4.90. The average Bonchev–Trinajstić information content (AvgIpc) is 3.13. The van der Waals surface area contributed by atoms with Crippen molar-refractivity contribution in [1.29, 1.82) is 0 Å². The SMILES string of the molecule is COc1cc(CN(c2ccc(C)cc2)C2OC(=O)c3ccccc32)cc(OC)c1OC. The Kier molecular flexibility index (Phi) is 5.71.